The third-order valence-corrected chi connectivity index (χ3v) is 5.27. The average molecular weight is 415 g/mol. The van der Waals surface area contributed by atoms with E-state index >= 15 is 0 Å². The van der Waals surface area contributed by atoms with Crippen LogP contribution in [0.25, 0.3) is 11.4 Å². The molecule has 1 saturated heterocycles. The Labute approximate surface area is 181 Å². The zero-order valence-electron chi connectivity index (χ0n) is 17.3. The highest BCUT2D eigenvalue weighted by atomic mass is 16.2. The molecular weight excluding hydrogens is 390 g/mol. The van der Waals surface area contributed by atoms with Crippen molar-refractivity contribution in [2.75, 3.05) is 37.6 Å². The van der Waals surface area contributed by atoms with Gasteiger partial charge in [-0.1, -0.05) is 60.7 Å². The van der Waals surface area contributed by atoms with E-state index in [0.29, 0.717) is 32.0 Å². The summed E-state index contributed by atoms with van der Waals surface area (Å²) < 4.78 is 0. The van der Waals surface area contributed by atoms with Gasteiger partial charge in [0.2, 0.25) is 11.8 Å². The molecule has 0 saturated carbocycles. The van der Waals surface area contributed by atoms with Crippen LogP contribution in [0.3, 0.4) is 0 Å². The van der Waals surface area contributed by atoms with Gasteiger partial charge in [0.05, 0.1) is 13.0 Å². The number of rotatable bonds is 6. The highest BCUT2D eigenvalue weighted by Gasteiger charge is 2.22. The third-order valence-electron chi connectivity index (χ3n) is 5.27. The van der Waals surface area contributed by atoms with Gasteiger partial charge in [0.15, 0.2) is 5.82 Å². The van der Waals surface area contributed by atoms with Gasteiger partial charge >= 0.3 is 0 Å². The number of nitrogens with zero attached hydrogens (tertiary/aromatic N) is 4. The molecule has 7 heteroatoms. The van der Waals surface area contributed by atoms with Crippen molar-refractivity contribution in [3.63, 3.8) is 0 Å². The van der Waals surface area contributed by atoms with E-state index in [0.717, 1.165) is 16.9 Å². The second kappa shape index (κ2) is 9.84. The van der Waals surface area contributed by atoms with Gasteiger partial charge in [0, 0.05) is 37.9 Å². The summed E-state index contributed by atoms with van der Waals surface area (Å²) in [5.74, 6) is 1.34. The maximum absolute atomic E-state index is 12.5. The van der Waals surface area contributed by atoms with Crippen LogP contribution in [0.1, 0.15) is 5.56 Å². The maximum atomic E-state index is 12.5. The molecule has 0 spiro atoms. The summed E-state index contributed by atoms with van der Waals surface area (Å²) in [6.45, 7) is 2.59. The lowest BCUT2D eigenvalue weighted by Gasteiger charge is -2.35. The number of amides is 2. The minimum absolute atomic E-state index is 0.0251. The summed E-state index contributed by atoms with van der Waals surface area (Å²) >= 11 is 0. The number of aromatic nitrogens is 2. The van der Waals surface area contributed by atoms with E-state index in [1.54, 1.807) is 11.1 Å². The second-order valence-corrected chi connectivity index (χ2v) is 7.41. The highest BCUT2D eigenvalue weighted by molar-refractivity contribution is 5.85. The van der Waals surface area contributed by atoms with E-state index < -0.39 is 0 Å². The highest BCUT2D eigenvalue weighted by Crippen LogP contribution is 2.19. The fourth-order valence-corrected chi connectivity index (χ4v) is 3.57. The number of carbonyl (C=O) groups excluding carboxylic acids is 2. The number of carbonyl (C=O) groups is 2. The number of anilines is 1. The molecule has 158 valence electrons. The number of benzene rings is 2. The van der Waals surface area contributed by atoms with E-state index in [4.69, 9.17) is 4.98 Å². The lowest BCUT2D eigenvalue weighted by Crippen LogP contribution is -2.51. The predicted molar refractivity (Wildman–Crippen MR) is 119 cm³/mol. The molecule has 1 N–H and O–H groups in total. The molecule has 3 aromatic rings. The molecule has 2 aromatic carbocycles. The molecule has 2 amide bonds. The topological polar surface area (TPSA) is 78.4 Å². The van der Waals surface area contributed by atoms with E-state index in [-0.39, 0.29) is 24.8 Å². The summed E-state index contributed by atoms with van der Waals surface area (Å²) in [4.78, 5) is 37.6. The second-order valence-electron chi connectivity index (χ2n) is 7.41. The molecule has 2 heterocycles. The van der Waals surface area contributed by atoms with Crippen molar-refractivity contribution in [2.24, 2.45) is 0 Å². The van der Waals surface area contributed by atoms with Gasteiger partial charge < -0.3 is 15.1 Å². The fraction of sp³-hybridized carbons (Fsp3) is 0.250. The molecule has 0 atom stereocenters. The van der Waals surface area contributed by atoms with Crippen molar-refractivity contribution in [2.45, 2.75) is 6.42 Å². The van der Waals surface area contributed by atoms with Crippen LogP contribution < -0.4 is 10.2 Å². The Bertz CT molecular complexity index is 1020. The van der Waals surface area contributed by atoms with Gasteiger partial charge in [0.25, 0.3) is 0 Å². The summed E-state index contributed by atoms with van der Waals surface area (Å²) in [7, 11) is 0. The van der Waals surface area contributed by atoms with Gasteiger partial charge in [-0.3, -0.25) is 9.59 Å². The number of hydrogen-bond acceptors (Lipinski definition) is 5. The van der Waals surface area contributed by atoms with Crippen molar-refractivity contribution >= 4 is 17.6 Å². The summed E-state index contributed by atoms with van der Waals surface area (Å²) in [6, 6.07) is 21.3. The van der Waals surface area contributed by atoms with Gasteiger partial charge in [-0.25, -0.2) is 9.97 Å². The zero-order chi connectivity index (χ0) is 21.5. The van der Waals surface area contributed by atoms with Crippen LogP contribution in [0.5, 0.6) is 0 Å². The molecule has 1 aliphatic rings. The standard InChI is InChI=1S/C24H25N5O2/c30-22(17-19-7-3-1-4-8-19)26-18-23(31)29-15-13-28(14-16-29)21-11-12-25-24(27-21)20-9-5-2-6-10-20/h1-12H,13-18H2,(H,26,30). The van der Waals surface area contributed by atoms with Crippen LogP contribution in [0.15, 0.2) is 72.9 Å². The Balaban J connectivity index is 1.27. The molecule has 1 aliphatic heterocycles. The van der Waals surface area contributed by atoms with Gasteiger partial charge in [-0.2, -0.15) is 0 Å². The first-order valence-corrected chi connectivity index (χ1v) is 10.4. The lowest BCUT2D eigenvalue weighted by molar-refractivity contribution is -0.133. The minimum Gasteiger partial charge on any atom is -0.353 e. The Morgan fingerprint density at radius 1 is 0.871 bits per heavy atom. The van der Waals surface area contributed by atoms with Crippen molar-refractivity contribution in [3.05, 3.63) is 78.5 Å². The SMILES string of the molecule is O=C(Cc1ccccc1)NCC(=O)N1CCN(c2ccnc(-c3ccccc3)n2)CC1. The van der Waals surface area contributed by atoms with Crippen LogP contribution in [-0.4, -0.2) is 59.4 Å². The van der Waals surface area contributed by atoms with E-state index in [2.05, 4.69) is 15.2 Å². The van der Waals surface area contributed by atoms with Crippen LogP contribution >= 0.6 is 0 Å². The van der Waals surface area contributed by atoms with Gasteiger partial charge in [0.1, 0.15) is 5.82 Å². The van der Waals surface area contributed by atoms with E-state index in [1.807, 2.05) is 66.7 Å². The Kier molecular flexibility index (Phi) is 6.52. The number of nitrogens with one attached hydrogen (secondary N) is 1. The van der Waals surface area contributed by atoms with Crippen LogP contribution in [0, 0.1) is 0 Å². The average Bonchev–Trinajstić information content (AvgIpc) is 2.84. The molecular formula is C24H25N5O2. The summed E-state index contributed by atoms with van der Waals surface area (Å²) in [5, 5.41) is 2.73. The summed E-state index contributed by atoms with van der Waals surface area (Å²) in [5.41, 5.74) is 1.91. The molecule has 0 aliphatic carbocycles. The number of piperazine rings is 1. The smallest absolute Gasteiger partial charge is 0.242 e. The van der Waals surface area contributed by atoms with E-state index in [1.165, 1.54) is 0 Å². The Morgan fingerprint density at radius 3 is 2.26 bits per heavy atom. The van der Waals surface area contributed by atoms with E-state index in [9.17, 15) is 9.59 Å². The summed E-state index contributed by atoms with van der Waals surface area (Å²) in [6.07, 6.45) is 2.05. The van der Waals surface area contributed by atoms with Crippen molar-refractivity contribution in [1.29, 1.82) is 0 Å². The first-order chi connectivity index (χ1) is 15.2. The van der Waals surface area contributed by atoms with Gasteiger partial charge in [-0.05, 0) is 11.6 Å². The lowest BCUT2D eigenvalue weighted by atomic mass is 10.1. The quantitative estimate of drug-likeness (QED) is 0.668. The molecule has 31 heavy (non-hydrogen) atoms. The zero-order valence-corrected chi connectivity index (χ0v) is 17.3. The molecule has 0 bridgehead atoms. The maximum Gasteiger partial charge on any atom is 0.242 e. The van der Waals surface area contributed by atoms with Crippen molar-refractivity contribution < 1.29 is 9.59 Å². The Hall–Kier alpha value is -3.74. The predicted octanol–water partition coefficient (Wildman–Crippen LogP) is 2.15. The molecule has 7 nitrogen and oxygen atoms in total. The molecule has 1 fully saturated rings. The van der Waals surface area contributed by atoms with Crippen LogP contribution in [-0.2, 0) is 16.0 Å². The molecule has 0 unspecified atom stereocenters. The van der Waals surface area contributed by atoms with Crippen LogP contribution in [0.2, 0.25) is 0 Å². The Morgan fingerprint density at radius 2 is 1.55 bits per heavy atom. The van der Waals surface area contributed by atoms with Crippen molar-refractivity contribution in [3.8, 4) is 11.4 Å². The van der Waals surface area contributed by atoms with Crippen molar-refractivity contribution in [1.82, 2.24) is 20.2 Å². The van der Waals surface area contributed by atoms with Crippen LogP contribution in [0.4, 0.5) is 5.82 Å². The number of hydrogen-bond donors (Lipinski definition) is 1. The fourth-order valence-electron chi connectivity index (χ4n) is 3.57. The normalized spacial score (nSPS) is 13.7. The minimum atomic E-state index is -0.146. The molecule has 4 rings (SSSR count). The first-order valence-electron chi connectivity index (χ1n) is 10.4. The van der Waals surface area contributed by atoms with Gasteiger partial charge in [-0.15, -0.1) is 0 Å². The first kappa shape index (κ1) is 20.5. The molecule has 0 radical (unpaired) electrons. The third kappa shape index (κ3) is 5.45. The largest absolute Gasteiger partial charge is 0.353 e. The molecule has 1 aromatic heterocycles. The monoisotopic (exact) mass is 415 g/mol.